The lowest BCUT2D eigenvalue weighted by Gasteiger charge is -2.09. The van der Waals surface area contributed by atoms with Crippen LogP contribution in [0.3, 0.4) is 0 Å². The number of carbonyl (C=O) groups excluding carboxylic acids is 1. The number of ether oxygens (including phenoxy) is 3. The fraction of sp³-hybridized carbons (Fsp3) is 0.200. The molecule has 1 aliphatic rings. The number of carbonyl (C=O) groups is 1. The van der Waals surface area contributed by atoms with Gasteiger partial charge in [-0.05, 0) is 24.3 Å². The second-order valence-corrected chi connectivity index (χ2v) is 4.33. The van der Waals surface area contributed by atoms with E-state index in [4.69, 9.17) is 14.2 Å². The predicted molar refractivity (Wildman–Crippen MR) is 71.4 cm³/mol. The number of ketones is 1. The van der Waals surface area contributed by atoms with Crippen molar-refractivity contribution in [3.8, 4) is 17.4 Å². The van der Waals surface area contributed by atoms with Gasteiger partial charge in [0.25, 0.3) is 0 Å². The van der Waals surface area contributed by atoms with Gasteiger partial charge in [0.05, 0.1) is 18.2 Å². The molecule has 0 unspecified atom stereocenters. The first-order chi connectivity index (χ1) is 9.78. The minimum Gasteiger partial charge on any atom is -0.489 e. The molecule has 102 valence electrons. The van der Waals surface area contributed by atoms with Gasteiger partial charge in [0.1, 0.15) is 18.1 Å². The molecule has 0 saturated heterocycles. The monoisotopic (exact) mass is 271 g/mol. The summed E-state index contributed by atoms with van der Waals surface area (Å²) in [6.45, 7) is 0.443. The van der Waals surface area contributed by atoms with E-state index in [2.05, 4.69) is 4.98 Å². The number of nitrogens with zero attached hydrogens (tertiary/aromatic N) is 1. The topological polar surface area (TPSA) is 57.6 Å². The van der Waals surface area contributed by atoms with Gasteiger partial charge in [0.15, 0.2) is 6.61 Å². The highest BCUT2D eigenvalue weighted by molar-refractivity contribution is 6.02. The molecule has 2 heterocycles. The zero-order chi connectivity index (χ0) is 13.9. The van der Waals surface area contributed by atoms with Crippen molar-refractivity contribution in [1.29, 1.82) is 0 Å². The van der Waals surface area contributed by atoms with Crippen molar-refractivity contribution < 1.29 is 19.0 Å². The molecule has 0 radical (unpaired) electrons. The van der Waals surface area contributed by atoms with Crippen LogP contribution in [-0.2, 0) is 6.61 Å². The van der Waals surface area contributed by atoms with Crippen LogP contribution >= 0.6 is 0 Å². The smallest absolute Gasteiger partial charge is 0.219 e. The molecule has 1 aromatic carbocycles. The van der Waals surface area contributed by atoms with Crippen molar-refractivity contribution >= 4 is 5.78 Å². The van der Waals surface area contributed by atoms with Gasteiger partial charge in [0.2, 0.25) is 11.7 Å². The molecular formula is C15H13NO4. The van der Waals surface area contributed by atoms with Crippen molar-refractivity contribution in [3.05, 3.63) is 47.7 Å². The minimum atomic E-state index is 0.000443. The van der Waals surface area contributed by atoms with E-state index in [1.54, 1.807) is 31.5 Å². The largest absolute Gasteiger partial charge is 0.489 e. The fourth-order valence-electron chi connectivity index (χ4n) is 2.04. The van der Waals surface area contributed by atoms with E-state index in [1.807, 2.05) is 12.1 Å². The Morgan fingerprint density at radius 1 is 1.35 bits per heavy atom. The van der Waals surface area contributed by atoms with Gasteiger partial charge >= 0.3 is 0 Å². The molecule has 5 nitrogen and oxygen atoms in total. The Balaban J connectivity index is 1.74. The molecule has 0 atom stereocenters. The van der Waals surface area contributed by atoms with E-state index in [-0.39, 0.29) is 12.4 Å². The summed E-state index contributed by atoms with van der Waals surface area (Å²) in [6, 6.07) is 8.92. The number of hydrogen-bond acceptors (Lipinski definition) is 5. The molecule has 20 heavy (non-hydrogen) atoms. The second-order valence-electron chi connectivity index (χ2n) is 4.33. The van der Waals surface area contributed by atoms with Crippen LogP contribution < -0.4 is 14.2 Å². The maximum absolute atomic E-state index is 11.4. The number of hydrogen-bond donors (Lipinski definition) is 0. The second kappa shape index (κ2) is 5.21. The van der Waals surface area contributed by atoms with E-state index in [9.17, 15) is 4.79 Å². The molecule has 5 heteroatoms. The van der Waals surface area contributed by atoms with Crippen LogP contribution in [0.4, 0.5) is 0 Å². The lowest BCUT2D eigenvalue weighted by atomic mass is 10.1. The van der Waals surface area contributed by atoms with Crippen LogP contribution in [-0.4, -0.2) is 24.5 Å². The van der Waals surface area contributed by atoms with E-state index >= 15 is 0 Å². The summed E-state index contributed by atoms with van der Waals surface area (Å²) < 4.78 is 16.1. The van der Waals surface area contributed by atoms with E-state index in [0.29, 0.717) is 29.5 Å². The van der Waals surface area contributed by atoms with Gasteiger partial charge < -0.3 is 14.2 Å². The van der Waals surface area contributed by atoms with Crippen LogP contribution in [0.15, 0.2) is 36.5 Å². The molecular weight excluding hydrogens is 258 g/mol. The summed E-state index contributed by atoms with van der Waals surface area (Å²) in [4.78, 5) is 15.6. The number of rotatable bonds is 4. The van der Waals surface area contributed by atoms with Crippen molar-refractivity contribution in [3.63, 3.8) is 0 Å². The van der Waals surface area contributed by atoms with Crippen LogP contribution in [0.25, 0.3) is 0 Å². The molecule has 3 rings (SSSR count). The number of benzene rings is 1. The van der Waals surface area contributed by atoms with Gasteiger partial charge in [-0.15, -0.1) is 0 Å². The minimum absolute atomic E-state index is 0.000443. The van der Waals surface area contributed by atoms with Gasteiger partial charge in [-0.25, -0.2) is 4.98 Å². The summed E-state index contributed by atoms with van der Waals surface area (Å²) in [5.74, 6) is 1.76. The SMILES string of the molecule is COc1ncccc1COc1ccc2c(c1)OCC2=O. The first kappa shape index (κ1) is 12.5. The number of Topliss-reactive ketones (excluding diaryl/α,β-unsaturated/α-hetero) is 1. The maximum Gasteiger partial charge on any atom is 0.219 e. The number of methoxy groups -OCH3 is 1. The predicted octanol–water partition coefficient (Wildman–Crippen LogP) is 2.24. The highest BCUT2D eigenvalue weighted by atomic mass is 16.5. The van der Waals surface area contributed by atoms with E-state index in [0.717, 1.165) is 5.56 Å². The van der Waals surface area contributed by atoms with Crippen LogP contribution in [0, 0.1) is 0 Å². The fourth-order valence-corrected chi connectivity index (χ4v) is 2.04. The Kier molecular flexibility index (Phi) is 3.25. The average Bonchev–Trinajstić information content (AvgIpc) is 2.86. The number of pyridine rings is 1. The molecule has 0 N–H and O–H groups in total. The third kappa shape index (κ3) is 2.30. The molecule has 0 aliphatic carbocycles. The lowest BCUT2D eigenvalue weighted by molar-refractivity contribution is 0.0961. The van der Waals surface area contributed by atoms with Gasteiger partial charge in [0, 0.05) is 12.3 Å². The van der Waals surface area contributed by atoms with Gasteiger partial charge in [-0.1, -0.05) is 0 Å². The Labute approximate surface area is 116 Å². The molecule has 0 spiro atoms. The van der Waals surface area contributed by atoms with Crippen molar-refractivity contribution in [2.45, 2.75) is 6.61 Å². The Bertz CT molecular complexity index is 654. The van der Waals surface area contributed by atoms with Crippen LogP contribution in [0.2, 0.25) is 0 Å². The maximum atomic E-state index is 11.4. The zero-order valence-corrected chi connectivity index (χ0v) is 11.0. The highest BCUT2D eigenvalue weighted by Gasteiger charge is 2.21. The summed E-state index contributed by atoms with van der Waals surface area (Å²) in [5, 5.41) is 0. The third-order valence-electron chi connectivity index (χ3n) is 3.05. The van der Waals surface area contributed by atoms with Crippen molar-refractivity contribution in [2.24, 2.45) is 0 Å². The number of fused-ring (bicyclic) bond motifs is 1. The first-order valence-electron chi connectivity index (χ1n) is 6.18. The Morgan fingerprint density at radius 3 is 3.10 bits per heavy atom. The van der Waals surface area contributed by atoms with Crippen LogP contribution in [0.5, 0.6) is 17.4 Å². The summed E-state index contributed by atoms with van der Waals surface area (Å²) in [7, 11) is 1.57. The molecule has 0 fully saturated rings. The van der Waals surface area contributed by atoms with Gasteiger partial charge in [-0.3, -0.25) is 4.79 Å². The first-order valence-corrected chi connectivity index (χ1v) is 6.18. The highest BCUT2D eigenvalue weighted by Crippen LogP contribution is 2.30. The quantitative estimate of drug-likeness (QED) is 0.853. The third-order valence-corrected chi connectivity index (χ3v) is 3.05. The van der Waals surface area contributed by atoms with Gasteiger partial charge in [-0.2, -0.15) is 0 Å². The normalized spacial score (nSPS) is 12.8. The Morgan fingerprint density at radius 2 is 2.25 bits per heavy atom. The Hall–Kier alpha value is -2.56. The van der Waals surface area contributed by atoms with E-state index in [1.165, 1.54) is 0 Å². The summed E-state index contributed by atoms with van der Waals surface area (Å²) in [6.07, 6.45) is 1.66. The molecule has 1 aromatic heterocycles. The molecule has 1 aliphatic heterocycles. The zero-order valence-electron chi connectivity index (χ0n) is 11.0. The molecule has 0 amide bonds. The van der Waals surface area contributed by atoms with E-state index < -0.39 is 0 Å². The molecule has 0 bridgehead atoms. The average molecular weight is 271 g/mol. The lowest BCUT2D eigenvalue weighted by Crippen LogP contribution is -2.00. The number of aromatic nitrogens is 1. The molecule has 2 aromatic rings. The summed E-state index contributed by atoms with van der Waals surface area (Å²) >= 11 is 0. The standard InChI is InChI=1S/C15H13NO4/c1-18-15-10(3-2-6-16-15)8-19-11-4-5-12-13(17)9-20-14(12)7-11/h2-7H,8-9H2,1H3. The van der Waals surface area contributed by atoms with Crippen molar-refractivity contribution in [2.75, 3.05) is 13.7 Å². The van der Waals surface area contributed by atoms with Crippen LogP contribution in [0.1, 0.15) is 15.9 Å². The summed E-state index contributed by atoms with van der Waals surface area (Å²) in [5.41, 5.74) is 1.46. The molecule has 0 saturated carbocycles. The van der Waals surface area contributed by atoms with Crippen molar-refractivity contribution in [1.82, 2.24) is 4.98 Å².